The van der Waals surface area contributed by atoms with Gasteiger partial charge in [0.1, 0.15) is 10.8 Å². The van der Waals surface area contributed by atoms with Crippen LogP contribution in [0.5, 0.6) is 0 Å². The molecule has 0 saturated carbocycles. The Morgan fingerprint density at radius 2 is 1.69 bits per heavy atom. The molecule has 0 radical (unpaired) electrons. The van der Waals surface area contributed by atoms with Crippen molar-refractivity contribution in [1.82, 2.24) is 14.8 Å². The summed E-state index contributed by atoms with van der Waals surface area (Å²) in [5.74, 6) is -0.313. The van der Waals surface area contributed by atoms with Crippen molar-refractivity contribution in [3.8, 4) is 0 Å². The predicted molar refractivity (Wildman–Crippen MR) is 114 cm³/mol. The second-order valence-corrected chi connectivity index (χ2v) is 8.04. The fourth-order valence-corrected chi connectivity index (χ4v) is 3.53. The topological polar surface area (TPSA) is 36.4 Å². The molecular weight excluding hydrogens is 385 g/mol. The van der Waals surface area contributed by atoms with Crippen LogP contribution in [0.1, 0.15) is 15.9 Å². The van der Waals surface area contributed by atoms with Crippen molar-refractivity contribution in [1.29, 1.82) is 0 Å². The summed E-state index contributed by atoms with van der Waals surface area (Å²) in [4.78, 5) is 22.3. The van der Waals surface area contributed by atoms with Gasteiger partial charge in [-0.3, -0.25) is 4.79 Å². The van der Waals surface area contributed by atoms with Crippen LogP contribution in [0, 0.1) is 5.82 Å². The molecule has 0 atom stereocenters. The molecule has 6 heteroatoms. The highest BCUT2D eigenvalue weighted by Gasteiger charge is 2.16. The van der Waals surface area contributed by atoms with Gasteiger partial charge in [0, 0.05) is 36.3 Å². The van der Waals surface area contributed by atoms with Crippen molar-refractivity contribution in [2.75, 3.05) is 27.2 Å². The number of hydrogen-bond acceptors (Lipinski definition) is 4. The molecule has 4 nitrogen and oxygen atoms in total. The van der Waals surface area contributed by atoms with Crippen LogP contribution >= 0.6 is 11.8 Å². The number of nitrogens with zero attached hydrogens (tertiary/aromatic N) is 3. The second kappa shape index (κ2) is 10.2. The molecule has 3 rings (SSSR count). The van der Waals surface area contributed by atoms with Crippen LogP contribution in [0.2, 0.25) is 0 Å². The highest BCUT2D eigenvalue weighted by atomic mass is 32.2. The fourth-order valence-electron chi connectivity index (χ4n) is 2.76. The number of rotatable bonds is 8. The second-order valence-electron chi connectivity index (χ2n) is 6.95. The first kappa shape index (κ1) is 21.0. The lowest BCUT2D eigenvalue weighted by Crippen LogP contribution is -2.36. The lowest BCUT2D eigenvalue weighted by Gasteiger charge is -2.25. The average molecular weight is 410 g/mol. The SMILES string of the molecule is CN(C)CCN(Cc1ccc(F)cc1)C(=O)c1ccc(Sc2ccccn2)cc1. The number of halogens is 1. The smallest absolute Gasteiger partial charge is 0.254 e. The molecule has 0 aliphatic heterocycles. The third kappa shape index (κ3) is 6.41. The van der Waals surface area contributed by atoms with Gasteiger partial charge >= 0.3 is 0 Å². The van der Waals surface area contributed by atoms with Gasteiger partial charge in [-0.05, 0) is 68.2 Å². The minimum absolute atomic E-state index is 0.0365. The molecule has 1 aromatic heterocycles. The summed E-state index contributed by atoms with van der Waals surface area (Å²) in [6.07, 6.45) is 1.76. The first-order valence-corrected chi connectivity index (χ1v) is 10.2. The minimum atomic E-state index is -0.277. The lowest BCUT2D eigenvalue weighted by molar-refractivity contribution is 0.0732. The predicted octanol–water partition coefficient (Wildman–Crippen LogP) is 4.58. The van der Waals surface area contributed by atoms with E-state index in [1.807, 2.05) is 61.5 Å². The molecular formula is C23H24FN3OS. The Balaban J connectivity index is 1.72. The molecule has 2 aromatic carbocycles. The maximum absolute atomic E-state index is 13.2. The van der Waals surface area contributed by atoms with Crippen molar-refractivity contribution < 1.29 is 9.18 Å². The zero-order valence-corrected chi connectivity index (χ0v) is 17.4. The molecule has 0 aliphatic rings. The van der Waals surface area contributed by atoms with E-state index >= 15 is 0 Å². The largest absolute Gasteiger partial charge is 0.333 e. The third-order valence-corrected chi connectivity index (χ3v) is 5.31. The van der Waals surface area contributed by atoms with Crippen molar-refractivity contribution in [3.63, 3.8) is 0 Å². The van der Waals surface area contributed by atoms with E-state index in [-0.39, 0.29) is 11.7 Å². The summed E-state index contributed by atoms with van der Waals surface area (Å²) in [5.41, 5.74) is 1.54. The number of amides is 1. The van der Waals surface area contributed by atoms with Gasteiger partial charge in [-0.25, -0.2) is 9.37 Å². The zero-order chi connectivity index (χ0) is 20.6. The van der Waals surface area contributed by atoms with Crippen molar-refractivity contribution in [3.05, 3.63) is 89.9 Å². The molecule has 3 aromatic rings. The minimum Gasteiger partial charge on any atom is -0.333 e. The van der Waals surface area contributed by atoms with E-state index in [4.69, 9.17) is 0 Å². The molecule has 150 valence electrons. The fraction of sp³-hybridized carbons (Fsp3) is 0.217. The van der Waals surface area contributed by atoms with E-state index in [0.717, 1.165) is 22.0 Å². The van der Waals surface area contributed by atoms with Crippen molar-refractivity contribution in [2.45, 2.75) is 16.5 Å². The van der Waals surface area contributed by atoms with Gasteiger partial charge in [0.15, 0.2) is 0 Å². The maximum atomic E-state index is 13.2. The molecule has 29 heavy (non-hydrogen) atoms. The van der Waals surface area contributed by atoms with E-state index in [1.54, 1.807) is 35.0 Å². The van der Waals surface area contributed by atoms with Crippen LogP contribution in [0.4, 0.5) is 4.39 Å². The average Bonchev–Trinajstić information content (AvgIpc) is 2.73. The molecule has 0 spiro atoms. The van der Waals surface area contributed by atoms with Crippen molar-refractivity contribution >= 4 is 17.7 Å². The standard InChI is InChI=1S/C23H24FN3OS/c1-26(2)15-16-27(17-18-6-10-20(24)11-7-18)23(28)19-8-12-21(13-9-19)29-22-5-3-4-14-25-22/h3-14H,15-17H2,1-2H3. The Kier molecular flexibility index (Phi) is 7.38. The van der Waals surface area contributed by atoms with Gasteiger partial charge in [-0.2, -0.15) is 0 Å². The molecule has 0 N–H and O–H groups in total. The highest BCUT2D eigenvalue weighted by molar-refractivity contribution is 7.99. The first-order valence-electron chi connectivity index (χ1n) is 9.38. The van der Waals surface area contributed by atoms with Crippen molar-refractivity contribution in [2.24, 2.45) is 0 Å². The zero-order valence-electron chi connectivity index (χ0n) is 16.6. The van der Waals surface area contributed by atoms with Gasteiger partial charge < -0.3 is 9.80 Å². The lowest BCUT2D eigenvalue weighted by atomic mass is 10.1. The quantitative estimate of drug-likeness (QED) is 0.546. The Morgan fingerprint density at radius 3 is 2.31 bits per heavy atom. The number of carbonyl (C=O) groups excluding carboxylic acids is 1. The summed E-state index contributed by atoms with van der Waals surface area (Å²) in [7, 11) is 3.95. The third-order valence-electron chi connectivity index (χ3n) is 4.35. The molecule has 0 aliphatic carbocycles. The number of pyridine rings is 1. The van der Waals surface area contributed by atoms with Crippen LogP contribution in [0.3, 0.4) is 0 Å². The van der Waals surface area contributed by atoms with Crippen LogP contribution < -0.4 is 0 Å². The summed E-state index contributed by atoms with van der Waals surface area (Å²) in [6.45, 7) is 1.78. The monoisotopic (exact) mass is 409 g/mol. The highest BCUT2D eigenvalue weighted by Crippen LogP contribution is 2.26. The summed E-state index contributed by atoms with van der Waals surface area (Å²) in [6, 6.07) is 19.7. The van der Waals surface area contributed by atoms with Crippen LogP contribution in [0.25, 0.3) is 0 Å². The van der Waals surface area contributed by atoms with Gasteiger partial charge in [0.05, 0.1) is 0 Å². The summed E-state index contributed by atoms with van der Waals surface area (Å²) < 4.78 is 13.2. The molecule has 0 bridgehead atoms. The Hall–Kier alpha value is -2.70. The van der Waals surface area contributed by atoms with E-state index in [0.29, 0.717) is 18.7 Å². The molecule has 1 amide bonds. The number of hydrogen-bond donors (Lipinski definition) is 0. The molecule has 0 saturated heterocycles. The molecule has 0 unspecified atom stereocenters. The first-order chi connectivity index (χ1) is 14.0. The van der Waals surface area contributed by atoms with E-state index < -0.39 is 0 Å². The Labute approximate surface area is 175 Å². The van der Waals surface area contributed by atoms with E-state index in [9.17, 15) is 9.18 Å². The van der Waals surface area contributed by atoms with Gasteiger partial charge in [0.25, 0.3) is 5.91 Å². The van der Waals surface area contributed by atoms with Gasteiger partial charge in [-0.15, -0.1) is 0 Å². The van der Waals surface area contributed by atoms with Crippen LogP contribution in [-0.4, -0.2) is 47.9 Å². The summed E-state index contributed by atoms with van der Waals surface area (Å²) in [5, 5.41) is 0.912. The normalized spacial score (nSPS) is 10.9. The Morgan fingerprint density at radius 1 is 0.966 bits per heavy atom. The number of benzene rings is 2. The molecule has 1 heterocycles. The van der Waals surface area contributed by atoms with Crippen LogP contribution in [-0.2, 0) is 6.54 Å². The maximum Gasteiger partial charge on any atom is 0.254 e. The van der Waals surface area contributed by atoms with E-state index in [2.05, 4.69) is 4.98 Å². The number of carbonyl (C=O) groups is 1. The van der Waals surface area contributed by atoms with Gasteiger partial charge in [0.2, 0.25) is 0 Å². The summed E-state index contributed by atoms with van der Waals surface area (Å²) >= 11 is 1.56. The van der Waals surface area contributed by atoms with Crippen LogP contribution in [0.15, 0.2) is 82.8 Å². The van der Waals surface area contributed by atoms with E-state index in [1.165, 1.54) is 12.1 Å². The van der Waals surface area contributed by atoms with Gasteiger partial charge in [-0.1, -0.05) is 30.0 Å². The number of aromatic nitrogens is 1. The molecule has 0 fully saturated rings. The Bertz CT molecular complexity index is 915. The number of likely N-dealkylation sites (N-methyl/N-ethyl adjacent to an activating group) is 1.